The van der Waals surface area contributed by atoms with E-state index < -0.39 is 0 Å². The van der Waals surface area contributed by atoms with Crippen molar-refractivity contribution in [2.45, 2.75) is 57.5 Å². The first kappa shape index (κ1) is 14.6. The van der Waals surface area contributed by atoms with E-state index in [1.807, 2.05) is 0 Å². The Morgan fingerprint density at radius 1 is 1.00 bits per heavy atom. The van der Waals surface area contributed by atoms with Crippen molar-refractivity contribution in [2.24, 2.45) is 17.8 Å². The summed E-state index contributed by atoms with van der Waals surface area (Å²) in [6.45, 7) is 0. The smallest absolute Gasteiger partial charge is 0.0608 e. The second-order valence-corrected chi connectivity index (χ2v) is 7.69. The normalized spacial score (nSPS) is 31.6. The van der Waals surface area contributed by atoms with Crippen molar-refractivity contribution in [3.05, 3.63) is 34.3 Å². The maximum Gasteiger partial charge on any atom is 0.0608 e. The molecule has 1 aromatic carbocycles. The van der Waals surface area contributed by atoms with Crippen LogP contribution < -0.4 is 0 Å². The summed E-state index contributed by atoms with van der Waals surface area (Å²) in [5, 5.41) is 10.6. The van der Waals surface area contributed by atoms with Gasteiger partial charge >= 0.3 is 0 Å². The molecule has 2 aliphatic rings. The lowest BCUT2D eigenvalue weighted by Gasteiger charge is -2.40. The minimum Gasteiger partial charge on any atom is -0.392 e. The van der Waals surface area contributed by atoms with E-state index in [4.69, 9.17) is 0 Å². The fourth-order valence-corrected chi connectivity index (χ4v) is 4.55. The molecule has 2 saturated carbocycles. The van der Waals surface area contributed by atoms with Crippen molar-refractivity contribution in [2.75, 3.05) is 0 Å². The van der Waals surface area contributed by atoms with E-state index in [0.717, 1.165) is 22.7 Å². The van der Waals surface area contributed by atoms with Crippen LogP contribution in [0.3, 0.4) is 0 Å². The number of rotatable bonds is 3. The topological polar surface area (TPSA) is 20.2 Å². The molecule has 4 atom stereocenters. The third-order valence-electron chi connectivity index (χ3n) is 5.48. The van der Waals surface area contributed by atoms with Gasteiger partial charge in [-0.2, -0.15) is 0 Å². The van der Waals surface area contributed by atoms with Gasteiger partial charge in [-0.25, -0.2) is 0 Å². The Kier molecular flexibility index (Phi) is 4.83. The van der Waals surface area contributed by atoms with Crippen LogP contribution in [0.25, 0.3) is 0 Å². The lowest BCUT2D eigenvalue weighted by atomic mass is 9.66. The van der Waals surface area contributed by atoms with Gasteiger partial charge in [0.1, 0.15) is 0 Å². The summed E-state index contributed by atoms with van der Waals surface area (Å²) >= 11 is 3.46. The zero-order chi connectivity index (χ0) is 13.9. The van der Waals surface area contributed by atoms with Crippen molar-refractivity contribution < 1.29 is 5.11 Å². The number of hydrogen-bond acceptors (Lipinski definition) is 1. The second kappa shape index (κ2) is 6.62. The third-order valence-corrected chi connectivity index (χ3v) is 6.01. The Morgan fingerprint density at radius 2 is 1.70 bits per heavy atom. The van der Waals surface area contributed by atoms with Gasteiger partial charge in [-0.1, -0.05) is 53.7 Å². The molecule has 0 saturated heterocycles. The molecule has 0 aromatic heterocycles. The van der Waals surface area contributed by atoms with Gasteiger partial charge in [-0.3, -0.25) is 0 Å². The van der Waals surface area contributed by atoms with E-state index in [2.05, 4.69) is 40.2 Å². The standard InChI is InChI=1S/C18H25BrO/c19-17-9-5-13(6-10-17)11-18(20)16-8-7-14-3-1-2-4-15(14)12-16/h5-6,9-10,14-16,18,20H,1-4,7-8,11-12H2. The average molecular weight is 337 g/mol. The van der Waals surface area contributed by atoms with Gasteiger partial charge in [-0.15, -0.1) is 0 Å². The fourth-order valence-electron chi connectivity index (χ4n) is 4.29. The Hall–Kier alpha value is -0.340. The number of halogens is 1. The molecule has 2 fully saturated rings. The zero-order valence-corrected chi connectivity index (χ0v) is 13.7. The molecule has 20 heavy (non-hydrogen) atoms. The summed E-state index contributed by atoms with van der Waals surface area (Å²) < 4.78 is 1.11. The van der Waals surface area contributed by atoms with E-state index in [0.29, 0.717) is 5.92 Å². The van der Waals surface area contributed by atoms with Crippen molar-refractivity contribution in [3.8, 4) is 0 Å². The number of aliphatic hydroxyl groups excluding tert-OH is 1. The molecule has 110 valence electrons. The van der Waals surface area contributed by atoms with Gasteiger partial charge in [0.25, 0.3) is 0 Å². The van der Waals surface area contributed by atoms with E-state index in [-0.39, 0.29) is 6.10 Å². The fraction of sp³-hybridized carbons (Fsp3) is 0.667. The van der Waals surface area contributed by atoms with Gasteiger partial charge in [0.15, 0.2) is 0 Å². The van der Waals surface area contributed by atoms with E-state index in [1.54, 1.807) is 0 Å². The molecule has 3 rings (SSSR count). The molecule has 2 heteroatoms. The van der Waals surface area contributed by atoms with E-state index in [9.17, 15) is 5.11 Å². The molecular formula is C18H25BrO. The SMILES string of the molecule is OC(Cc1ccc(Br)cc1)C1CCC2CCCCC2C1. The predicted octanol–water partition coefficient (Wildman–Crippen LogP) is 4.96. The van der Waals surface area contributed by atoms with E-state index >= 15 is 0 Å². The summed E-state index contributed by atoms with van der Waals surface area (Å²) in [5.41, 5.74) is 1.26. The van der Waals surface area contributed by atoms with Crippen molar-refractivity contribution in [1.29, 1.82) is 0 Å². The highest BCUT2D eigenvalue weighted by atomic mass is 79.9. The third kappa shape index (κ3) is 3.46. The van der Waals surface area contributed by atoms with Crippen LogP contribution in [-0.4, -0.2) is 11.2 Å². The lowest BCUT2D eigenvalue weighted by Crippen LogP contribution is -2.34. The molecule has 0 heterocycles. The molecule has 0 radical (unpaired) electrons. The highest BCUT2D eigenvalue weighted by Crippen LogP contribution is 2.43. The minimum atomic E-state index is -0.154. The molecule has 0 aliphatic heterocycles. The molecule has 0 amide bonds. The number of fused-ring (bicyclic) bond motifs is 1. The predicted molar refractivity (Wildman–Crippen MR) is 86.6 cm³/mol. The van der Waals surface area contributed by atoms with Crippen LogP contribution in [0.4, 0.5) is 0 Å². The molecule has 0 bridgehead atoms. The Morgan fingerprint density at radius 3 is 2.45 bits per heavy atom. The summed E-state index contributed by atoms with van der Waals surface area (Å²) in [4.78, 5) is 0. The summed E-state index contributed by atoms with van der Waals surface area (Å²) in [6, 6.07) is 8.39. The quantitative estimate of drug-likeness (QED) is 0.827. The number of benzene rings is 1. The van der Waals surface area contributed by atoms with Gasteiger partial charge in [0.2, 0.25) is 0 Å². The van der Waals surface area contributed by atoms with Gasteiger partial charge in [-0.05, 0) is 61.1 Å². The lowest BCUT2D eigenvalue weighted by molar-refractivity contribution is 0.0361. The maximum absolute atomic E-state index is 10.6. The molecule has 4 unspecified atom stereocenters. The Balaban J connectivity index is 1.57. The van der Waals surface area contributed by atoms with Crippen LogP contribution in [-0.2, 0) is 6.42 Å². The largest absolute Gasteiger partial charge is 0.392 e. The van der Waals surface area contributed by atoms with Crippen LogP contribution in [0.1, 0.15) is 50.5 Å². The maximum atomic E-state index is 10.6. The minimum absolute atomic E-state index is 0.154. The Bertz CT molecular complexity index is 428. The van der Waals surface area contributed by atoms with Crippen molar-refractivity contribution in [1.82, 2.24) is 0 Å². The summed E-state index contributed by atoms with van der Waals surface area (Å²) in [7, 11) is 0. The van der Waals surface area contributed by atoms with Gasteiger partial charge < -0.3 is 5.11 Å². The van der Waals surface area contributed by atoms with E-state index in [1.165, 1.54) is 50.5 Å². The van der Waals surface area contributed by atoms with Gasteiger partial charge in [0.05, 0.1) is 6.10 Å². The summed E-state index contributed by atoms with van der Waals surface area (Å²) in [5.74, 6) is 2.40. The zero-order valence-electron chi connectivity index (χ0n) is 12.1. The molecule has 1 aromatic rings. The molecule has 2 aliphatic carbocycles. The average Bonchev–Trinajstić information content (AvgIpc) is 2.49. The highest BCUT2D eigenvalue weighted by molar-refractivity contribution is 9.10. The first-order valence-corrected chi connectivity index (χ1v) is 8.94. The first-order valence-electron chi connectivity index (χ1n) is 8.15. The molecule has 1 N–H and O–H groups in total. The van der Waals surface area contributed by atoms with Gasteiger partial charge in [0, 0.05) is 4.47 Å². The Labute approximate surface area is 130 Å². The van der Waals surface area contributed by atoms with Crippen LogP contribution >= 0.6 is 15.9 Å². The van der Waals surface area contributed by atoms with Crippen LogP contribution in [0.15, 0.2) is 28.7 Å². The van der Waals surface area contributed by atoms with Crippen LogP contribution in [0.2, 0.25) is 0 Å². The molecule has 1 nitrogen and oxygen atoms in total. The number of aliphatic hydroxyl groups is 1. The monoisotopic (exact) mass is 336 g/mol. The molecular weight excluding hydrogens is 312 g/mol. The van der Waals surface area contributed by atoms with Crippen LogP contribution in [0.5, 0.6) is 0 Å². The van der Waals surface area contributed by atoms with Crippen molar-refractivity contribution in [3.63, 3.8) is 0 Å². The first-order chi connectivity index (χ1) is 9.72. The van der Waals surface area contributed by atoms with Crippen molar-refractivity contribution >= 4 is 15.9 Å². The van der Waals surface area contributed by atoms with Crippen LogP contribution in [0, 0.1) is 17.8 Å². The summed E-state index contributed by atoms with van der Waals surface area (Å²) in [6.07, 6.45) is 10.2. The second-order valence-electron chi connectivity index (χ2n) is 6.78. The highest BCUT2D eigenvalue weighted by Gasteiger charge is 2.34. The number of hydrogen-bond donors (Lipinski definition) is 1. The molecule has 0 spiro atoms.